The minimum Gasteiger partial charge on any atom is -0.489 e. The van der Waals surface area contributed by atoms with E-state index in [-0.39, 0.29) is 72.0 Å². The van der Waals surface area contributed by atoms with Gasteiger partial charge in [-0.25, -0.2) is 9.97 Å². The molecule has 2 aromatic heterocycles. The highest BCUT2D eigenvalue weighted by atomic mass is 35.5. The molecule has 0 radical (unpaired) electrons. The number of likely N-dealkylation sites (tertiary alicyclic amines) is 2. The Kier molecular flexibility index (Phi) is 15.4. The van der Waals surface area contributed by atoms with Gasteiger partial charge in [0.25, 0.3) is 5.91 Å². The first-order valence-corrected chi connectivity index (χ1v) is 26.2. The van der Waals surface area contributed by atoms with Crippen molar-refractivity contribution < 1.29 is 29.0 Å². The zero-order valence-electron chi connectivity index (χ0n) is 42.9. The molecule has 4 N–H and O–H groups in total. The molecule has 5 heterocycles. The Balaban J connectivity index is 0.764. The molecule has 384 valence electrons. The number of thiazole rings is 1. The number of piperazine rings is 1. The van der Waals surface area contributed by atoms with Gasteiger partial charge in [0.1, 0.15) is 35.8 Å². The number of aromatic nitrogens is 2. The lowest BCUT2D eigenvalue weighted by Crippen LogP contribution is -2.68. The minimum atomic E-state index is -0.905. The van der Waals surface area contributed by atoms with Crippen LogP contribution in [0.1, 0.15) is 95.0 Å². The van der Waals surface area contributed by atoms with Gasteiger partial charge in [0, 0.05) is 87.9 Å². The van der Waals surface area contributed by atoms with Crippen LogP contribution in [0.5, 0.6) is 5.75 Å². The van der Waals surface area contributed by atoms with E-state index >= 15 is 0 Å². The Labute approximate surface area is 432 Å². The summed E-state index contributed by atoms with van der Waals surface area (Å²) < 4.78 is 6.41. The smallest absolute Gasteiger partial charge is 0.252 e. The van der Waals surface area contributed by atoms with Crippen molar-refractivity contribution >= 4 is 52.4 Å². The summed E-state index contributed by atoms with van der Waals surface area (Å²) in [5, 5.41) is 29.5. The molecule has 2 aromatic carbocycles. The number of aryl methyl sites for hydroxylation is 1. The molecule has 4 fully saturated rings. The number of halogens is 1. The molecule has 18 heteroatoms. The van der Waals surface area contributed by atoms with Crippen LogP contribution in [0.2, 0.25) is 5.02 Å². The Bertz CT molecular complexity index is 2650. The van der Waals surface area contributed by atoms with Gasteiger partial charge >= 0.3 is 0 Å². The van der Waals surface area contributed by atoms with Gasteiger partial charge in [-0.2, -0.15) is 5.26 Å². The number of hydrogen-bond acceptors (Lipinski definition) is 13. The van der Waals surface area contributed by atoms with Crippen LogP contribution < -0.4 is 25.6 Å². The third-order valence-corrected chi connectivity index (χ3v) is 16.7. The first-order valence-electron chi connectivity index (χ1n) is 25.0. The van der Waals surface area contributed by atoms with Gasteiger partial charge in [0.05, 0.1) is 50.9 Å². The normalized spacial score (nSPS) is 23.0. The molecule has 1 unspecified atom stereocenters. The highest BCUT2D eigenvalue weighted by Crippen LogP contribution is 2.60. The second-order valence-corrected chi connectivity index (χ2v) is 23.6. The second kappa shape index (κ2) is 21.1. The molecular formula is C54H69ClN10O6S. The standard InChI is InChI=1S/C54H69ClN10O6S/c1-32(34-10-12-35(13-11-34)46-33(2)59-31-72-46)60-49(69)42-22-39(66)29-65(42)50(70)47(52(3,4)5)61-45(67)30-62-27-38(28-62)63-18-20-64(21-19-63)44-17-15-37(25-57-44)48(68)58-26-43-53(6,7)51(54(43,8)9)71-40-16-14-36(24-56)41(55)23-40/h10-17,23,25,31-32,38-39,42-43,47,51,66H,18-22,26-30H2,1-9H3,(H,58,68)(H,60,69)(H,61,67)/t32-,39+,42?,43?,47+,51?/m0/s1. The van der Waals surface area contributed by atoms with Gasteiger partial charge in [-0.1, -0.05) is 84.3 Å². The maximum absolute atomic E-state index is 14.3. The van der Waals surface area contributed by atoms with Crippen molar-refractivity contribution in [1.29, 1.82) is 5.26 Å². The number of nitrogens with one attached hydrogen (secondary N) is 3. The van der Waals surface area contributed by atoms with Gasteiger partial charge in [0.2, 0.25) is 17.7 Å². The lowest BCUT2D eigenvalue weighted by Gasteiger charge is -2.63. The van der Waals surface area contributed by atoms with Crippen LogP contribution in [-0.2, 0) is 14.4 Å². The monoisotopic (exact) mass is 1020 g/mol. The molecular weight excluding hydrogens is 952 g/mol. The third-order valence-electron chi connectivity index (χ3n) is 15.5. The number of nitrogens with zero attached hydrogens (tertiary/aromatic N) is 7. The summed E-state index contributed by atoms with van der Waals surface area (Å²) in [6.07, 6.45) is 0.762. The number of carbonyl (C=O) groups is 4. The highest BCUT2D eigenvalue weighted by molar-refractivity contribution is 7.13. The number of benzene rings is 2. The number of nitriles is 1. The zero-order valence-corrected chi connectivity index (χ0v) is 44.4. The van der Waals surface area contributed by atoms with Gasteiger partial charge in [0.15, 0.2) is 0 Å². The average Bonchev–Trinajstić information content (AvgIpc) is 3.95. The summed E-state index contributed by atoms with van der Waals surface area (Å²) in [4.78, 5) is 73.2. The quantitative estimate of drug-likeness (QED) is 0.107. The van der Waals surface area contributed by atoms with Gasteiger partial charge in [-0.15, -0.1) is 11.3 Å². The van der Waals surface area contributed by atoms with Crippen LogP contribution in [-0.4, -0.2) is 143 Å². The van der Waals surface area contributed by atoms with Crippen LogP contribution in [0.15, 0.2) is 66.3 Å². The molecule has 4 amide bonds. The van der Waals surface area contributed by atoms with Crippen molar-refractivity contribution in [3.05, 3.63) is 93.7 Å². The lowest BCUT2D eigenvalue weighted by atomic mass is 9.45. The Morgan fingerprint density at radius 1 is 0.958 bits per heavy atom. The number of rotatable bonds is 15. The minimum absolute atomic E-state index is 0.00739. The second-order valence-electron chi connectivity index (χ2n) is 22.3. The number of ether oxygens (including phenoxy) is 1. The van der Waals surface area contributed by atoms with Crippen LogP contribution in [0.3, 0.4) is 0 Å². The van der Waals surface area contributed by atoms with Crippen molar-refractivity contribution in [1.82, 2.24) is 40.6 Å². The largest absolute Gasteiger partial charge is 0.489 e. The fourth-order valence-electron chi connectivity index (χ4n) is 11.5. The molecule has 1 aliphatic carbocycles. The fraction of sp³-hybridized carbons (Fsp3) is 0.537. The van der Waals surface area contributed by atoms with Crippen LogP contribution in [0.25, 0.3) is 10.4 Å². The summed E-state index contributed by atoms with van der Waals surface area (Å²) in [7, 11) is 0. The number of aliphatic hydroxyl groups is 1. The van der Waals surface area contributed by atoms with Crippen LogP contribution in [0.4, 0.5) is 5.82 Å². The SMILES string of the molecule is Cc1ncsc1-c1ccc([C@H](C)NC(=O)C2C[C@@H](O)CN2C(=O)[C@@H](NC(=O)CN2CC(N3CCN(c4ccc(C(=O)NCC5C(C)(C)C(Oc6ccc(C#N)c(Cl)c6)C5(C)C)cn4)CC3)C2)C(C)(C)C)cc1. The first kappa shape index (κ1) is 52.7. The predicted octanol–water partition coefficient (Wildman–Crippen LogP) is 6.07. The fourth-order valence-corrected chi connectivity index (χ4v) is 12.5. The van der Waals surface area contributed by atoms with Crippen molar-refractivity contribution in [2.24, 2.45) is 22.2 Å². The number of hydrogen-bond donors (Lipinski definition) is 4. The Morgan fingerprint density at radius 3 is 2.25 bits per heavy atom. The first-order chi connectivity index (χ1) is 34.0. The third kappa shape index (κ3) is 11.1. The summed E-state index contributed by atoms with van der Waals surface area (Å²) in [6.45, 7) is 23.4. The molecule has 4 atom stereocenters. The van der Waals surface area contributed by atoms with E-state index in [0.29, 0.717) is 34.5 Å². The molecule has 16 nitrogen and oxygen atoms in total. The lowest BCUT2D eigenvalue weighted by molar-refractivity contribution is -0.195. The number of aliphatic hydroxyl groups excluding tert-OH is 1. The molecule has 3 saturated heterocycles. The molecule has 72 heavy (non-hydrogen) atoms. The van der Waals surface area contributed by atoms with Crippen molar-refractivity contribution in [2.45, 2.75) is 105 Å². The molecule has 1 saturated carbocycles. The van der Waals surface area contributed by atoms with Gasteiger partial charge in [-0.3, -0.25) is 29.0 Å². The van der Waals surface area contributed by atoms with E-state index in [9.17, 15) is 29.5 Å². The maximum atomic E-state index is 14.3. The van der Waals surface area contributed by atoms with Crippen LogP contribution >= 0.6 is 22.9 Å². The van der Waals surface area contributed by atoms with E-state index in [1.165, 1.54) is 4.90 Å². The summed E-state index contributed by atoms with van der Waals surface area (Å²) >= 11 is 7.85. The van der Waals surface area contributed by atoms with E-state index in [0.717, 1.165) is 66.8 Å². The van der Waals surface area contributed by atoms with Crippen LogP contribution in [0, 0.1) is 40.4 Å². The summed E-state index contributed by atoms with van der Waals surface area (Å²) in [5.41, 5.74) is 4.51. The van der Waals surface area contributed by atoms with E-state index in [4.69, 9.17) is 16.3 Å². The number of amides is 4. The number of β-amino-alcohol motifs (C(OH)–C–C–N with tert-alkyl or cyclic N) is 1. The predicted molar refractivity (Wildman–Crippen MR) is 279 cm³/mol. The van der Waals surface area contributed by atoms with E-state index in [2.05, 4.69) is 74.4 Å². The van der Waals surface area contributed by atoms with Crippen molar-refractivity contribution in [2.75, 3.05) is 63.8 Å². The number of anilines is 1. The molecule has 0 spiro atoms. The van der Waals surface area contributed by atoms with Crippen molar-refractivity contribution in [3.8, 4) is 22.3 Å². The Hall–Kier alpha value is -5.64. The van der Waals surface area contributed by atoms with Gasteiger partial charge in [-0.05, 0) is 60.6 Å². The number of pyridine rings is 1. The van der Waals surface area contributed by atoms with E-state index in [1.807, 2.05) is 76.5 Å². The van der Waals surface area contributed by atoms with E-state index < -0.39 is 23.6 Å². The highest BCUT2D eigenvalue weighted by Gasteiger charge is 2.63. The molecule has 0 bridgehead atoms. The average molecular weight is 1020 g/mol. The molecule has 4 aromatic rings. The molecule has 4 aliphatic rings. The summed E-state index contributed by atoms with van der Waals surface area (Å²) in [5.74, 6) is 0.404. The number of carbonyl (C=O) groups excluding carboxylic acids is 4. The van der Waals surface area contributed by atoms with E-state index in [1.54, 1.807) is 35.7 Å². The zero-order chi connectivity index (χ0) is 51.9. The topological polar surface area (TPSA) is 196 Å². The molecule has 3 aliphatic heterocycles. The van der Waals surface area contributed by atoms with Gasteiger partial charge < -0.3 is 35.6 Å². The maximum Gasteiger partial charge on any atom is 0.252 e. The molecule has 8 rings (SSSR count). The summed E-state index contributed by atoms with van der Waals surface area (Å²) in [6, 6.07) is 17.1. The Morgan fingerprint density at radius 2 is 1.65 bits per heavy atom. The van der Waals surface area contributed by atoms with Crippen molar-refractivity contribution in [3.63, 3.8) is 0 Å².